The monoisotopic (exact) mass is 387 g/mol. The van der Waals surface area contributed by atoms with E-state index in [1.165, 1.54) is 25.7 Å². The maximum absolute atomic E-state index is 9.75. The summed E-state index contributed by atoms with van der Waals surface area (Å²) >= 11 is 2.22. The molecule has 0 aromatic carbocycles. The summed E-state index contributed by atoms with van der Waals surface area (Å²) in [5.41, 5.74) is 0. The van der Waals surface area contributed by atoms with Crippen LogP contribution in [0.2, 0.25) is 0 Å². The van der Waals surface area contributed by atoms with E-state index in [0.29, 0.717) is 0 Å². The molecule has 0 nitrogen and oxygen atoms in total. The molecule has 0 aromatic heterocycles. The Kier molecular flexibility index (Phi) is 7.19. The van der Waals surface area contributed by atoms with Crippen LogP contribution in [-0.4, -0.2) is 7.25 Å². The summed E-state index contributed by atoms with van der Waals surface area (Å²) in [4.78, 5) is 0. The third kappa shape index (κ3) is 14.4. The molecule has 1 aliphatic rings. The van der Waals surface area contributed by atoms with Crippen molar-refractivity contribution in [3.05, 3.63) is 22.3 Å². The molecule has 0 heterocycles. The number of hydrogen-bond acceptors (Lipinski definition) is 0. The van der Waals surface area contributed by atoms with Crippen molar-refractivity contribution in [2.75, 3.05) is 0 Å². The fourth-order valence-corrected chi connectivity index (χ4v) is 1.57. The van der Waals surface area contributed by atoms with Crippen LogP contribution in [0.3, 0.4) is 0 Å². The van der Waals surface area contributed by atoms with Gasteiger partial charge in [-0.2, -0.15) is 0 Å². The van der Waals surface area contributed by atoms with Gasteiger partial charge in [0.2, 0.25) is 0 Å². The summed E-state index contributed by atoms with van der Waals surface area (Å²) in [5.74, 6) is 0. The molecule has 0 radical (unpaired) electrons. The van der Waals surface area contributed by atoms with Crippen molar-refractivity contribution in [3.8, 4) is 0 Å². The molecular formula is C8H11BF4Ir-. The van der Waals surface area contributed by atoms with E-state index in [2.05, 4.69) is 37.1 Å². The van der Waals surface area contributed by atoms with Crippen LogP contribution >= 0.6 is 0 Å². The van der Waals surface area contributed by atoms with Gasteiger partial charge >= 0.3 is 74.2 Å². The summed E-state index contributed by atoms with van der Waals surface area (Å²) in [7, 11) is -6.00. The van der Waals surface area contributed by atoms with Gasteiger partial charge in [-0.15, -0.1) is 0 Å². The Morgan fingerprint density at radius 2 is 1.50 bits per heavy atom. The minimum absolute atomic E-state index is 1.23. The molecule has 0 spiro atoms. The van der Waals surface area contributed by atoms with Crippen molar-refractivity contribution in [1.82, 2.24) is 0 Å². The zero-order valence-electron chi connectivity index (χ0n) is 7.48. The van der Waals surface area contributed by atoms with E-state index >= 15 is 0 Å². The van der Waals surface area contributed by atoms with Crippen molar-refractivity contribution in [2.24, 2.45) is 0 Å². The first-order chi connectivity index (χ1) is 6.39. The van der Waals surface area contributed by atoms with Crippen LogP contribution in [0.1, 0.15) is 25.7 Å². The molecule has 6 heteroatoms. The normalized spacial score (nSPS) is 17.4. The Hall–Kier alpha value is -0.0857. The zero-order valence-corrected chi connectivity index (χ0v) is 9.88. The third-order valence-corrected chi connectivity index (χ3v) is 2.48. The first-order valence-corrected chi connectivity index (χ1v) is 5.44. The summed E-state index contributed by atoms with van der Waals surface area (Å²) in [5, 5.41) is 0. The molecule has 84 valence electrons. The van der Waals surface area contributed by atoms with Gasteiger partial charge in [0.1, 0.15) is 0 Å². The maximum atomic E-state index is 9.75. The second kappa shape index (κ2) is 7.24. The molecule has 1 rings (SSSR count). The van der Waals surface area contributed by atoms with Crippen LogP contribution in [0.5, 0.6) is 0 Å². The molecule has 0 N–H and O–H groups in total. The Balaban J connectivity index is 0.000000292. The summed E-state index contributed by atoms with van der Waals surface area (Å²) < 4.78 is 40.6. The third-order valence-electron chi connectivity index (χ3n) is 1.40. The zero-order chi connectivity index (χ0) is 11.0. The number of allylic oxidation sites excluding steroid dienone is 4. The van der Waals surface area contributed by atoms with Crippen LogP contribution < -0.4 is 0 Å². The SMILES string of the molecule is F[B-](F)(F)F.[Ir][C]1=CCCC=CCC1. The van der Waals surface area contributed by atoms with Gasteiger partial charge in [-0.05, 0) is 0 Å². The number of rotatable bonds is 0. The average molecular weight is 386 g/mol. The van der Waals surface area contributed by atoms with Gasteiger partial charge in [-0.1, -0.05) is 0 Å². The quantitative estimate of drug-likeness (QED) is 0.337. The fraction of sp³-hybridized carbons (Fsp3) is 0.500. The van der Waals surface area contributed by atoms with E-state index in [9.17, 15) is 17.3 Å². The van der Waals surface area contributed by atoms with Crippen molar-refractivity contribution < 1.29 is 36.2 Å². The van der Waals surface area contributed by atoms with E-state index in [1.54, 1.807) is 4.09 Å². The topological polar surface area (TPSA) is 0 Å². The summed E-state index contributed by atoms with van der Waals surface area (Å²) in [6, 6.07) is 0. The van der Waals surface area contributed by atoms with Gasteiger partial charge in [0, 0.05) is 0 Å². The van der Waals surface area contributed by atoms with Gasteiger partial charge in [-0.3, -0.25) is 0 Å². The Bertz CT molecular complexity index is 204. The van der Waals surface area contributed by atoms with Crippen molar-refractivity contribution in [2.45, 2.75) is 25.7 Å². The van der Waals surface area contributed by atoms with Crippen molar-refractivity contribution in [3.63, 3.8) is 0 Å². The van der Waals surface area contributed by atoms with Crippen LogP contribution in [-0.2, 0) is 18.9 Å². The van der Waals surface area contributed by atoms with Crippen LogP contribution in [0, 0.1) is 0 Å². The summed E-state index contributed by atoms with van der Waals surface area (Å²) in [6.07, 6.45) is 11.9. The predicted octanol–water partition coefficient (Wildman–Crippen LogP) is 3.85. The molecule has 1 aliphatic carbocycles. The van der Waals surface area contributed by atoms with Gasteiger partial charge in [0.05, 0.1) is 0 Å². The first-order valence-electron chi connectivity index (χ1n) is 4.24. The van der Waals surface area contributed by atoms with Crippen LogP contribution in [0.15, 0.2) is 22.3 Å². The molecule has 0 aliphatic heterocycles. The molecule has 0 saturated carbocycles. The first kappa shape index (κ1) is 13.9. The fourth-order valence-electron chi connectivity index (χ4n) is 0.882. The molecule has 0 amide bonds. The molecule has 0 aromatic rings. The predicted molar refractivity (Wildman–Crippen MR) is 45.9 cm³/mol. The standard InChI is InChI=1S/C8H11.BF4.Ir/c1-2-4-6-8-7-5-3-1;2-1(3,4)5;/h1-2,7H,3-6H2;;/q;-1;. The number of hydrogen-bond donors (Lipinski definition) is 0. The molecule has 0 fully saturated rings. The minimum atomic E-state index is -6.00. The second-order valence-corrected chi connectivity index (χ2v) is 4.24. The van der Waals surface area contributed by atoms with Crippen molar-refractivity contribution >= 4 is 7.25 Å². The van der Waals surface area contributed by atoms with E-state index in [1.807, 2.05) is 0 Å². The van der Waals surface area contributed by atoms with Crippen molar-refractivity contribution in [1.29, 1.82) is 0 Å². The van der Waals surface area contributed by atoms with Gasteiger partial charge in [0.25, 0.3) is 0 Å². The number of halogens is 4. The summed E-state index contributed by atoms with van der Waals surface area (Å²) in [6.45, 7) is 0. The van der Waals surface area contributed by atoms with Gasteiger partial charge in [0.15, 0.2) is 0 Å². The second-order valence-electron chi connectivity index (χ2n) is 2.70. The van der Waals surface area contributed by atoms with E-state index in [-0.39, 0.29) is 0 Å². The molecule has 14 heavy (non-hydrogen) atoms. The van der Waals surface area contributed by atoms with Crippen LogP contribution in [0.25, 0.3) is 0 Å². The van der Waals surface area contributed by atoms with Crippen LogP contribution in [0.4, 0.5) is 17.3 Å². The van der Waals surface area contributed by atoms with E-state index in [4.69, 9.17) is 0 Å². The molecule has 0 saturated heterocycles. The van der Waals surface area contributed by atoms with E-state index in [0.717, 1.165) is 0 Å². The molecule has 0 atom stereocenters. The molecular weight excluding hydrogens is 375 g/mol. The Labute approximate surface area is 91.7 Å². The molecule has 0 bridgehead atoms. The Morgan fingerprint density at radius 1 is 1.00 bits per heavy atom. The average Bonchev–Trinajstić information content (AvgIpc) is 1.93. The molecule has 0 unspecified atom stereocenters. The van der Waals surface area contributed by atoms with Gasteiger partial charge < -0.3 is 17.3 Å². The van der Waals surface area contributed by atoms with E-state index < -0.39 is 7.25 Å². The Morgan fingerprint density at radius 3 is 2.07 bits per heavy atom. The van der Waals surface area contributed by atoms with Gasteiger partial charge in [-0.25, -0.2) is 0 Å².